The molecule has 1 aromatic heterocycles. The summed E-state index contributed by atoms with van der Waals surface area (Å²) < 4.78 is 20.0. The van der Waals surface area contributed by atoms with Crippen molar-refractivity contribution in [3.8, 4) is 0 Å². The average Bonchev–Trinajstić information content (AvgIpc) is 2.99. The largest absolute Gasteiger partial charge is 0.462 e. The lowest BCUT2D eigenvalue weighted by atomic mass is 9.99. The van der Waals surface area contributed by atoms with Crippen LogP contribution in [0.25, 0.3) is 10.2 Å². The van der Waals surface area contributed by atoms with Crippen LogP contribution in [0.2, 0.25) is 0 Å². The van der Waals surface area contributed by atoms with Crippen LogP contribution in [0.4, 0.5) is 4.39 Å². The molecule has 0 N–H and O–H groups in total. The highest BCUT2D eigenvalue weighted by Crippen LogP contribution is 2.34. The van der Waals surface area contributed by atoms with Crippen molar-refractivity contribution in [3.05, 3.63) is 28.5 Å². The van der Waals surface area contributed by atoms with Crippen molar-refractivity contribution in [2.75, 3.05) is 6.61 Å². The predicted molar refractivity (Wildman–Crippen MR) is 97.3 cm³/mol. The van der Waals surface area contributed by atoms with Gasteiger partial charge in [-0.25, -0.2) is 14.2 Å². The van der Waals surface area contributed by atoms with Gasteiger partial charge in [-0.05, 0) is 31.9 Å². The van der Waals surface area contributed by atoms with Gasteiger partial charge in [-0.3, -0.25) is 0 Å². The number of fused-ring (bicyclic) bond motifs is 1. The van der Waals surface area contributed by atoms with E-state index < -0.39 is 11.8 Å². The fraction of sp³-hybridized carbons (Fsp3) is 0.579. The molecule has 0 aliphatic carbocycles. The number of ether oxygens (including phenoxy) is 1. The van der Waals surface area contributed by atoms with Crippen LogP contribution in [-0.4, -0.2) is 17.6 Å². The molecule has 0 spiro atoms. The lowest BCUT2D eigenvalue weighted by Gasteiger charge is -2.11. The first-order chi connectivity index (χ1) is 11.6. The van der Waals surface area contributed by atoms with Crippen molar-refractivity contribution >= 4 is 27.5 Å². The normalized spacial score (nSPS) is 12.5. The summed E-state index contributed by atoms with van der Waals surface area (Å²) in [6, 6.07) is 2.92. The van der Waals surface area contributed by atoms with Gasteiger partial charge in [-0.15, -0.1) is 11.3 Å². The van der Waals surface area contributed by atoms with Crippen LogP contribution in [0.5, 0.6) is 0 Å². The van der Waals surface area contributed by atoms with E-state index in [4.69, 9.17) is 4.74 Å². The van der Waals surface area contributed by atoms with Gasteiger partial charge in [0.25, 0.3) is 0 Å². The summed E-state index contributed by atoms with van der Waals surface area (Å²) in [6.45, 7) is 6.37. The van der Waals surface area contributed by atoms with Crippen molar-refractivity contribution in [2.45, 2.75) is 65.2 Å². The zero-order valence-electron chi connectivity index (χ0n) is 14.7. The van der Waals surface area contributed by atoms with E-state index in [0.717, 1.165) is 22.5 Å². The van der Waals surface area contributed by atoms with Gasteiger partial charge in [0.1, 0.15) is 5.52 Å². The Balaban J connectivity index is 2.22. The number of unbranched alkanes of at least 4 members (excludes halogenated alkanes) is 3. The van der Waals surface area contributed by atoms with Crippen molar-refractivity contribution in [2.24, 2.45) is 0 Å². The summed E-state index contributed by atoms with van der Waals surface area (Å²) >= 11 is 1.50. The van der Waals surface area contributed by atoms with E-state index in [1.165, 1.54) is 43.1 Å². The maximum atomic E-state index is 14.3. The van der Waals surface area contributed by atoms with Crippen LogP contribution in [0, 0.1) is 5.82 Å². The molecular formula is C19H26FNO2S. The molecule has 3 nitrogen and oxygen atoms in total. The number of benzene rings is 1. The standard InChI is InChI=1S/C19H26FNO2S/c1-4-7-8-9-10-13(5-2)18-21-17-15(20)11-14(12-16(17)24-18)19(22)23-6-3/h11-13H,4-10H2,1-3H3. The van der Waals surface area contributed by atoms with Gasteiger partial charge >= 0.3 is 5.97 Å². The summed E-state index contributed by atoms with van der Waals surface area (Å²) in [7, 11) is 0. The predicted octanol–water partition coefficient (Wildman–Crippen LogP) is 6.08. The minimum absolute atomic E-state index is 0.257. The molecule has 0 aliphatic heterocycles. The molecule has 1 heterocycles. The van der Waals surface area contributed by atoms with E-state index in [-0.39, 0.29) is 12.2 Å². The van der Waals surface area contributed by atoms with Crippen molar-refractivity contribution in [1.82, 2.24) is 4.98 Å². The van der Waals surface area contributed by atoms with Gasteiger partial charge in [0.2, 0.25) is 0 Å². The second-order valence-corrected chi connectivity index (χ2v) is 7.09. The fourth-order valence-corrected chi connectivity index (χ4v) is 4.07. The lowest BCUT2D eigenvalue weighted by molar-refractivity contribution is 0.0526. The highest BCUT2D eigenvalue weighted by molar-refractivity contribution is 7.18. The number of esters is 1. The molecule has 0 aliphatic rings. The maximum Gasteiger partial charge on any atom is 0.338 e. The Morgan fingerprint density at radius 3 is 2.71 bits per heavy atom. The van der Waals surface area contributed by atoms with Crippen molar-refractivity contribution in [3.63, 3.8) is 0 Å². The zero-order chi connectivity index (χ0) is 17.5. The van der Waals surface area contributed by atoms with Crippen LogP contribution in [-0.2, 0) is 4.74 Å². The molecule has 0 saturated heterocycles. The first-order valence-electron chi connectivity index (χ1n) is 8.87. The van der Waals surface area contributed by atoms with Crippen LogP contribution in [0.15, 0.2) is 12.1 Å². The number of carbonyl (C=O) groups is 1. The van der Waals surface area contributed by atoms with E-state index in [1.807, 2.05) is 0 Å². The number of aromatic nitrogens is 1. The van der Waals surface area contributed by atoms with Crippen LogP contribution in [0.3, 0.4) is 0 Å². The number of hydrogen-bond donors (Lipinski definition) is 0. The Hall–Kier alpha value is -1.49. The molecule has 5 heteroatoms. The van der Waals surface area contributed by atoms with Gasteiger partial charge < -0.3 is 4.74 Å². The van der Waals surface area contributed by atoms with E-state index in [2.05, 4.69) is 18.8 Å². The lowest BCUT2D eigenvalue weighted by Crippen LogP contribution is -2.04. The second-order valence-electron chi connectivity index (χ2n) is 6.03. The molecule has 0 amide bonds. The minimum atomic E-state index is -0.486. The maximum absolute atomic E-state index is 14.3. The number of carbonyl (C=O) groups excluding carboxylic acids is 1. The smallest absolute Gasteiger partial charge is 0.338 e. The molecule has 0 saturated carbocycles. The summed E-state index contributed by atoms with van der Waals surface area (Å²) in [5, 5.41) is 0.976. The van der Waals surface area contributed by atoms with Gasteiger partial charge in [-0.1, -0.05) is 39.5 Å². The van der Waals surface area contributed by atoms with Crippen molar-refractivity contribution in [1.29, 1.82) is 0 Å². The second kappa shape index (κ2) is 9.11. The molecule has 132 valence electrons. The van der Waals surface area contributed by atoms with E-state index in [1.54, 1.807) is 13.0 Å². The molecular weight excluding hydrogens is 325 g/mol. The van der Waals surface area contributed by atoms with Gasteiger partial charge in [-0.2, -0.15) is 0 Å². The molecule has 1 aromatic carbocycles. The number of halogens is 1. The molecule has 0 bridgehead atoms. The zero-order valence-corrected chi connectivity index (χ0v) is 15.5. The molecule has 24 heavy (non-hydrogen) atoms. The topological polar surface area (TPSA) is 39.2 Å². The van der Waals surface area contributed by atoms with E-state index in [0.29, 0.717) is 11.4 Å². The summed E-state index contributed by atoms with van der Waals surface area (Å²) in [5.74, 6) is -0.566. The Labute approximate surface area is 147 Å². The van der Waals surface area contributed by atoms with E-state index >= 15 is 0 Å². The number of rotatable bonds is 9. The molecule has 0 radical (unpaired) electrons. The fourth-order valence-electron chi connectivity index (χ4n) is 2.83. The number of hydrogen-bond acceptors (Lipinski definition) is 4. The monoisotopic (exact) mass is 351 g/mol. The van der Waals surface area contributed by atoms with Gasteiger partial charge in [0, 0.05) is 5.92 Å². The van der Waals surface area contributed by atoms with Crippen molar-refractivity contribution < 1.29 is 13.9 Å². The molecule has 2 rings (SSSR count). The Morgan fingerprint density at radius 2 is 2.04 bits per heavy atom. The van der Waals surface area contributed by atoms with E-state index in [9.17, 15) is 9.18 Å². The summed E-state index contributed by atoms with van der Waals surface area (Å²) in [6.07, 6.45) is 6.98. The summed E-state index contributed by atoms with van der Waals surface area (Å²) in [5.41, 5.74) is 0.628. The number of thiazole rings is 1. The molecule has 1 unspecified atom stereocenters. The van der Waals surface area contributed by atoms with Gasteiger partial charge in [0.15, 0.2) is 5.82 Å². The average molecular weight is 351 g/mol. The quantitative estimate of drug-likeness (QED) is 0.406. The third kappa shape index (κ3) is 4.53. The first kappa shape index (κ1) is 18.8. The molecule has 1 atom stereocenters. The SMILES string of the molecule is CCCCCCC(CC)c1nc2c(F)cc(C(=O)OCC)cc2s1. The van der Waals surface area contributed by atoms with Crippen LogP contribution >= 0.6 is 11.3 Å². The highest BCUT2D eigenvalue weighted by Gasteiger charge is 2.19. The number of nitrogens with zero attached hydrogens (tertiary/aromatic N) is 1. The minimum Gasteiger partial charge on any atom is -0.462 e. The third-order valence-electron chi connectivity index (χ3n) is 4.22. The Bertz CT molecular complexity index is 683. The van der Waals surface area contributed by atoms with Gasteiger partial charge in [0.05, 0.1) is 21.9 Å². The molecule has 0 fully saturated rings. The third-order valence-corrected chi connectivity index (χ3v) is 5.39. The first-order valence-corrected chi connectivity index (χ1v) is 9.69. The highest BCUT2D eigenvalue weighted by atomic mass is 32.1. The Morgan fingerprint density at radius 1 is 1.25 bits per heavy atom. The summed E-state index contributed by atoms with van der Waals surface area (Å²) in [4.78, 5) is 16.4. The van der Waals surface area contributed by atoms with Crippen LogP contribution in [0.1, 0.15) is 80.6 Å². The molecule has 2 aromatic rings. The Kier molecular flexibility index (Phi) is 7.16. The van der Waals surface area contributed by atoms with Crippen LogP contribution < -0.4 is 0 Å².